The first-order valence-corrected chi connectivity index (χ1v) is 9.16. The van der Waals surface area contributed by atoms with Gasteiger partial charge in [-0.2, -0.15) is 11.8 Å². The Bertz CT molecular complexity index is 393. The lowest BCUT2D eigenvalue weighted by Crippen LogP contribution is -2.47. The third kappa shape index (κ3) is 6.23. The van der Waals surface area contributed by atoms with Gasteiger partial charge in [-0.1, -0.05) is 0 Å². The smallest absolute Gasteiger partial charge is 0.306 e. The van der Waals surface area contributed by atoms with Crippen LogP contribution in [0, 0.1) is 0 Å². The van der Waals surface area contributed by atoms with Gasteiger partial charge in [0.25, 0.3) is 0 Å². The molecule has 4 atom stereocenters. The lowest BCUT2D eigenvalue weighted by Gasteiger charge is -2.26. The highest BCUT2D eigenvalue weighted by atomic mass is 32.2. The number of carboxylic acid groups (broad SMARTS) is 1. The number of carbonyl (C=O) groups excluding carboxylic acids is 1. The summed E-state index contributed by atoms with van der Waals surface area (Å²) in [6.07, 6.45) is 1.56. The Hall–Kier alpha value is -0.600. The van der Waals surface area contributed by atoms with Crippen LogP contribution in [0.5, 0.6) is 0 Å². The maximum atomic E-state index is 12.0. The molecule has 0 aliphatic carbocycles. The zero-order valence-corrected chi connectivity index (χ0v) is 13.2. The summed E-state index contributed by atoms with van der Waals surface area (Å²) in [5, 5.41) is 11.0. The zero-order chi connectivity index (χ0) is 15.9. The number of thioether (sulfide) groups is 1. The number of rotatable bonds is 9. The van der Waals surface area contributed by atoms with Crippen LogP contribution in [0.3, 0.4) is 0 Å². The molecule has 0 aromatic rings. The molecule has 0 aliphatic rings. The van der Waals surface area contributed by atoms with Crippen molar-refractivity contribution in [3.63, 3.8) is 0 Å². The molecule has 0 radical (unpaired) electrons. The van der Waals surface area contributed by atoms with Crippen molar-refractivity contribution in [2.75, 3.05) is 12.0 Å². The molecule has 0 bridgehead atoms. The fourth-order valence-electron chi connectivity index (χ4n) is 1.37. The third-order valence-electron chi connectivity index (χ3n) is 2.68. The predicted molar refractivity (Wildman–Crippen MR) is 78.6 cm³/mol. The van der Waals surface area contributed by atoms with E-state index in [4.69, 9.17) is 16.6 Å². The third-order valence-corrected chi connectivity index (χ3v) is 5.69. The number of hydrogen-bond donors (Lipinski definition) is 5. The second kappa shape index (κ2) is 8.63. The Kier molecular flexibility index (Phi) is 8.38. The predicted octanol–water partition coefficient (Wildman–Crippen LogP) is -0.441. The Morgan fingerprint density at radius 1 is 1.40 bits per heavy atom. The van der Waals surface area contributed by atoms with Gasteiger partial charge in [-0.25, -0.2) is 0 Å². The van der Waals surface area contributed by atoms with Crippen LogP contribution < -0.4 is 16.8 Å². The normalized spacial score (nSPS) is 18.6. The first-order chi connectivity index (χ1) is 9.12. The molecule has 0 fully saturated rings. The van der Waals surface area contributed by atoms with Gasteiger partial charge in [0, 0.05) is 0 Å². The van der Waals surface area contributed by atoms with Gasteiger partial charge in [-0.05, 0) is 25.4 Å². The van der Waals surface area contributed by atoms with E-state index in [2.05, 4.69) is 5.32 Å². The summed E-state index contributed by atoms with van der Waals surface area (Å²) >= 11 is 1.51. The van der Waals surface area contributed by atoms with E-state index in [1.54, 1.807) is 0 Å². The first kappa shape index (κ1) is 19.4. The minimum Gasteiger partial charge on any atom is -0.481 e. The standard InChI is InChI=1S/C10H22N3O5PS/c1-6(11)19(17,18)8(5-9(14)15)13-10(16)7(12)3-4-20-2/h6-8H,3-5,11-12H2,1-2H3,(H,13,16)(H,14,15)(H,17,18)/t6?,7-,8?/m0/s1. The molecule has 0 aliphatic heterocycles. The van der Waals surface area contributed by atoms with Crippen LogP contribution in [-0.4, -0.2) is 51.5 Å². The van der Waals surface area contributed by atoms with Crippen molar-refractivity contribution in [3.05, 3.63) is 0 Å². The molecule has 0 spiro atoms. The van der Waals surface area contributed by atoms with E-state index in [0.717, 1.165) is 0 Å². The van der Waals surface area contributed by atoms with Crippen LogP contribution in [0.4, 0.5) is 0 Å². The van der Waals surface area contributed by atoms with Crippen molar-refractivity contribution >= 4 is 31.0 Å². The van der Waals surface area contributed by atoms with Gasteiger partial charge in [-0.15, -0.1) is 0 Å². The maximum absolute atomic E-state index is 12.0. The summed E-state index contributed by atoms with van der Waals surface area (Å²) in [5.41, 5.74) is 11.0. The first-order valence-electron chi connectivity index (χ1n) is 5.97. The fraction of sp³-hybridized carbons (Fsp3) is 0.800. The highest BCUT2D eigenvalue weighted by molar-refractivity contribution is 7.98. The molecular formula is C10H22N3O5PS. The van der Waals surface area contributed by atoms with Crippen molar-refractivity contribution in [1.82, 2.24) is 5.32 Å². The van der Waals surface area contributed by atoms with Gasteiger partial charge in [0.05, 0.1) is 18.2 Å². The number of nitrogens with two attached hydrogens (primary N) is 2. The van der Waals surface area contributed by atoms with Crippen LogP contribution in [0.25, 0.3) is 0 Å². The van der Waals surface area contributed by atoms with Crippen LogP contribution in [-0.2, 0) is 14.2 Å². The van der Waals surface area contributed by atoms with Gasteiger partial charge in [0.15, 0.2) is 0 Å². The van der Waals surface area contributed by atoms with E-state index < -0.39 is 43.3 Å². The summed E-state index contributed by atoms with van der Waals surface area (Å²) in [5.74, 6) is -3.88. The van der Waals surface area contributed by atoms with E-state index in [-0.39, 0.29) is 0 Å². The van der Waals surface area contributed by atoms with E-state index in [0.29, 0.717) is 12.2 Å². The van der Waals surface area contributed by atoms with Crippen molar-refractivity contribution in [1.29, 1.82) is 0 Å². The topological polar surface area (TPSA) is 156 Å². The molecular weight excluding hydrogens is 305 g/mol. The number of carboxylic acids is 1. The molecule has 0 heterocycles. The van der Waals surface area contributed by atoms with Gasteiger partial charge >= 0.3 is 5.97 Å². The molecule has 20 heavy (non-hydrogen) atoms. The van der Waals surface area contributed by atoms with E-state index in [1.165, 1.54) is 18.7 Å². The van der Waals surface area contributed by atoms with Crippen molar-refractivity contribution in [2.24, 2.45) is 11.5 Å². The van der Waals surface area contributed by atoms with Crippen molar-refractivity contribution in [2.45, 2.75) is 37.4 Å². The van der Waals surface area contributed by atoms with Gasteiger partial charge in [-0.3, -0.25) is 14.2 Å². The van der Waals surface area contributed by atoms with E-state index in [9.17, 15) is 19.0 Å². The SMILES string of the molecule is CSCC[C@H](N)C(=O)NC(CC(=O)O)P(=O)(O)C(C)N. The summed E-state index contributed by atoms with van der Waals surface area (Å²) in [6.45, 7) is 1.29. The molecule has 0 saturated heterocycles. The Morgan fingerprint density at radius 3 is 2.35 bits per heavy atom. The number of nitrogens with one attached hydrogen (secondary N) is 1. The summed E-state index contributed by atoms with van der Waals surface area (Å²) in [4.78, 5) is 32.4. The number of carbonyl (C=O) groups is 2. The fourth-order valence-corrected chi connectivity index (χ4v) is 3.16. The monoisotopic (exact) mass is 327 g/mol. The number of hydrogen-bond acceptors (Lipinski definition) is 6. The molecule has 0 aromatic heterocycles. The zero-order valence-electron chi connectivity index (χ0n) is 11.5. The largest absolute Gasteiger partial charge is 0.481 e. The maximum Gasteiger partial charge on any atom is 0.306 e. The Balaban J connectivity index is 4.86. The summed E-state index contributed by atoms with van der Waals surface area (Å²) in [7, 11) is -4.04. The molecule has 3 unspecified atom stereocenters. The molecule has 0 rings (SSSR count). The molecule has 7 N–H and O–H groups in total. The number of aliphatic carboxylic acids is 1. The van der Waals surface area contributed by atoms with Crippen molar-refractivity contribution < 1.29 is 24.2 Å². The minimum atomic E-state index is -4.04. The van der Waals surface area contributed by atoms with E-state index in [1.807, 2.05) is 6.26 Å². The average Bonchev–Trinajstić information content (AvgIpc) is 2.33. The average molecular weight is 327 g/mol. The molecule has 0 aromatic carbocycles. The lowest BCUT2D eigenvalue weighted by atomic mass is 10.2. The van der Waals surface area contributed by atoms with Crippen LogP contribution in [0.15, 0.2) is 0 Å². The molecule has 10 heteroatoms. The molecule has 118 valence electrons. The quantitative estimate of drug-likeness (QED) is 0.357. The number of amides is 1. The van der Waals surface area contributed by atoms with Crippen LogP contribution in [0.1, 0.15) is 19.8 Å². The minimum absolute atomic E-state index is 0.390. The molecule has 0 saturated carbocycles. The van der Waals surface area contributed by atoms with Gasteiger partial charge in [0.2, 0.25) is 13.3 Å². The van der Waals surface area contributed by atoms with Gasteiger partial charge in [0.1, 0.15) is 5.78 Å². The second-order valence-electron chi connectivity index (χ2n) is 4.42. The molecule has 1 amide bonds. The molecule has 8 nitrogen and oxygen atoms in total. The van der Waals surface area contributed by atoms with E-state index >= 15 is 0 Å². The second-order valence-corrected chi connectivity index (χ2v) is 8.19. The lowest BCUT2D eigenvalue weighted by molar-refractivity contribution is -0.137. The Morgan fingerprint density at radius 2 is 1.95 bits per heavy atom. The highest BCUT2D eigenvalue weighted by Crippen LogP contribution is 2.49. The summed E-state index contributed by atoms with van der Waals surface area (Å²) < 4.78 is 12.0. The highest BCUT2D eigenvalue weighted by Gasteiger charge is 2.38. The van der Waals surface area contributed by atoms with Crippen LogP contribution in [0.2, 0.25) is 0 Å². The van der Waals surface area contributed by atoms with Gasteiger partial charge < -0.3 is 26.8 Å². The van der Waals surface area contributed by atoms with Crippen molar-refractivity contribution in [3.8, 4) is 0 Å². The Labute approximate surface area is 122 Å². The summed E-state index contributed by atoms with van der Waals surface area (Å²) in [6, 6.07) is -0.855. The van der Waals surface area contributed by atoms with Crippen LogP contribution >= 0.6 is 19.1 Å².